The number of nitrogens with one attached hydrogen (secondary N) is 2. The topological polar surface area (TPSA) is 87.5 Å². The van der Waals surface area contributed by atoms with E-state index in [2.05, 4.69) is 29.1 Å². The van der Waals surface area contributed by atoms with Crippen LogP contribution in [-0.2, 0) is 0 Å². The van der Waals surface area contributed by atoms with E-state index in [1.54, 1.807) is 18.7 Å². The second kappa shape index (κ2) is 9.46. The van der Waals surface area contributed by atoms with Crippen molar-refractivity contribution in [2.24, 2.45) is 11.8 Å². The molecule has 2 N–H and O–H groups in total. The van der Waals surface area contributed by atoms with Gasteiger partial charge in [0.2, 0.25) is 0 Å². The summed E-state index contributed by atoms with van der Waals surface area (Å²) < 4.78 is 5.36. The largest absolute Gasteiger partial charge is 0.445 e. The molecule has 1 aliphatic carbocycles. The molecule has 2 aliphatic rings. The quantitative estimate of drug-likeness (QED) is 0.737. The first-order valence-electron chi connectivity index (χ1n) is 10.8. The minimum Gasteiger partial charge on any atom is -0.445 e. The van der Waals surface area contributed by atoms with Crippen LogP contribution in [-0.4, -0.2) is 47.5 Å². The summed E-state index contributed by atoms with van der Waals surface area (Å²) in [5, 5.41) is 6.04. The van der Waals surface area contributed by atoms with Gasteiger partial charge < -0.3 is 20.0 Å². The number of amides is 3. The molecule has 7 nitrogen and oxygen atoms in total. The molecule has 2 heterocycles. The lowest BCUT2D eigenvalue weighted by atomic mass is 9.78. The SMILES string of the molecule is C=C1CC(C)CC(CCNC(=O)NC2CCN(C(=O)c3nc(C)oc3C)CC2)C1. The van der Waals surface area contributed by atoms with Crippen LogP contribution in [0.2, 0.25) is 0 Å². The smallest absolute Gasteiger partial charge is 0.315 e. The molecule has 2 unspecified atom stereocenters. The summed E-state index contributed by atoms with van der Waals surface area (Å²) in [6.07, 6.45) is 5.94. The standard InChI is InChI=1S/C22H34N4O3/c1-14-11-15(2)13-18(12-14)5-8-23-22(28)25-19-6-9-26(10-7-19)21(27)20-16(3)29-17(4)24-20/h15,18-19H,1,5-13H2,2-4H3,(H2,23,25,28). The van der Waals surface area contributed by atoms with E-state index in [0.717, 1.165) is 32.1 Å². The van der Waals surface area contributed by atoms with Crippen LogP contribution in [0.15, 0.2) is 16.6 Å². The second-order valence-electron chi connectivity index (χ2n) is 8.76. The number of nitrogens with zero attached hydrogens (tertiary/aromatic N) is 2. The monoisotopic (exact) mass is 402 g/mol. The molecule has 0 bridgehead atoms. The number of likely N-dealkylation sites (tertiary alicyclic amines) is 1. The molecule has 0 aromatic carbocycles. The number of aromatic nitrogens is 1. The predicted octanol–water partition coefficient (Wildman–Crippen LogP) is 3.58. The number of oxazole rings is 1. The van der Waals surface area contributed by atoms with Crippen molar-refractivity contribution in [3.8, 4) is 0 Å². The average Bonchev–Trinajstić information content (AvgIpc) is 2.99. The van der Waals surface area contributed by atoms with Crippen molar-refractivity contribution >= 4 is 11.9 Å². The minimum absolute atomic E-state index is 0.0914. The molecule has 3 amide bonds. The van der Waals surface area contributed by atoms with Gasteiger partial charge in [-0.25, -0.2) is 9.78 Å². The summed E-state index contributed by atoms with van der Waals surface area (Å²) in [5.74, 6) is 2.30. The van der Waals surface area contributed by atoms with Crippen LogP contribution in [0.25, 0.3) is 0 Å². The molecule has 1 saturated heterocycles. The van der Waals surface area contributed by atoms with Crippen LogP contribution in [0.1, 0.15) is 67.6 Å². The lowest BCUT2D eigenvalue weighted by Gasteiger charge is -2.32. The first kappa shape index (κ1) is 21.4. The highest BCUT2D eigenvalue weighted by molar-refractivity contribution is 5.93. The molecule has 1 aromatic rings. The molecule has 2 atom stereocenters. The Balaban J connectivity index is 1.36. The maximum absolute atomic E-state index is 12.6. The van der Waals surface area contributed by atoms with Gasteiger partial charge in [-0.05, 0) is 57.3 Å². The van der Waals surface area contributed by atoms with E-state index in [-0.39, 0.29) is 18.0 Å². The van der Waals surface area contributed by atoms with Gasteiger partial charge in [0, 0.05) is 32.6 Å². The van der Waals surface area contributed by atoms with Crippen LogP contribution in [0.5, 0.6) is 0 Å². The maximum Gasteiger partial charge on any atom is 0.315 e. The Labute approximate surface area is 173 Å². The second-order valence-corrected chi connectivity index (χ2v) is 8.76. The van der Waals surface area contributed by atoms with Gasteiger partial charge in [0.05, 0.1) is 0 Å². The molecule has 1 aliphatic heterocycles. The number of urea groups is 1. The molecule has 160 valence electrons. The Kier molecular flexibility index (Phi) is 6.98. The Morgan fingerprint density at radius 1 is 1.24 bits per heavy atom. The number of piperidine rings is 1. The van der Waals surface area contributed by atoms with E-state index in [4.69, 9.17) is 4.42 Å². The number of carbonyl (C=O) groups is 2. The number of hydrogen-bond donors (Lipinski definition) is 2. The zero-order valence-corrected chi connectivity index (χ0v) is 17.9. The van der Waals surface area contributed by atoms with Crippen molar-refractivity contribution in [1.82, 2.24) is 20.5 Å². The number of rotatable bonds is 5. The average molecular weight is 403 g/mol. The highest BCUT2D eigenvalue weighted by atomic mass is 16.4. The molecule has 2 fully saturated rings. The lowest BCUT2D eigenvalue weighted by Crippen LogP contribution is -2.49. The molecule has 0 radical (unpaired) electrons. The van der Waals surface area contributed by atoms with Crippen LogP contribution in [0.3, 0.4) is 0 Å². The highest BCUT2D eigenvalue weighted by Gasteiger charge is 2.27. The highest BCUT2D eigenvalue weighted by Crippen LogP contribution is 2.33. The van der Waals surface area contributed by atoms with Crippen LogP contribution >= 0.6 is 0 Å². The number of carbonyl (C=O) groups excluding carboxylic acids is 2. The first-order chi connectivity index (χ1) is 13.8. The van der Waals surface area contributed by atoms with Gasteiger partial charge in [0.25, 0.3) is 5.91 Å². The maximum atomic E-state index is 12.6. The van der Waals surface area contributed by atoms with Gasteiger partial charge in [-0.2, -0.15) is 0 Å². The van der Waals surface area contributed by atoms with E-state index in [0.29, 0.717) is 48.8 Å². The molecular formula is C22H34N4O3. The Bertz CT molecular complexity index is 749. The third-order valence-electron chi connectivity index (χ3n) is 6.01. The fourth-order valence-electron chi connectivity index (χ4n) is 4.67. The van der Waals surface area contributed by atoms with E-state index in [1.165, 1.54) is 12.0 Å². The van der Waals surface area contributed by atoms with Crippen molar-refractivity contribution in [3.63, 3.8) is 0 Å². The lowest BCUT2D eigenvalue weighted by molar-refractivity contribution is 0.0701. The normalized spacial score (nSPS) is 23.1. The molecular weight excluding hydrogens is 368 g/mol. The summed E-state index contributed by atoms with van der Waals surface area (Å²) in [7, 11) is 0. The van der Waals surface area contributed by atoms with Gasteiger partial charge in [-0.3, -0.25) is 4.79 Å². The number of aryl methyl sites for hydroxylation is 2. The van der Waals surface area contributed by atoms with Gasteiger partial charge in [-0.15, -0.1) is 0 Å². The van der Waals surface area contributed by atoms with Gasteiger partial charge >= 0.3 is 6.03 Å². The van der Waals surface area contributed by atoms with Crippen molar-refractivity contribution in [1.29, 1.82) is 0 Å². The van der Waals surface area contributed by atoms with Crippen molar-refractivity contribution in [2.45, 2.75) is 65.3 Å². The van der Waals surface area contributed by atoms with Gasteiger partial charge in [0.1, 0.15) is 5.76 Å². The molecule has 1 saturated carbocycles. The molecule has 3 rings (SSSR count). The fourth-order valence-corrected chi connectivity index (χ4v) is 4.67. The summed E-state index contributed by atoms with van der Waals surface area (Å²) in [6.45, 7) is 11.8. The summed E-state index contributed by atoms with van der Waals surface area (Å²) in [5.41, 5.74) is 1.74. The summed E-state index contributed by atoms with van der Waals surface area (Å²) in [4.78, 5) is 30.8. The Morgan fingerprint density at radius 2 is 1.97 bits per heavy atom. The third kappa shape index (κ3) is 5.84. The summed E-state index contributed by atoms with van der Waals surface area (Å²) >= 11 is 0. The van der Waals surface area contributed by atoms with Crippen LogP contribution in [0.4, 0.5) is 4.79 Å². The van der Waals surface area contributed by atoms with E-state index < -0.39 is 0 Å². The molecule has 7 heteroatoms. The van der Waals surface area contributed by atoms with Crippen molar-refractivity contribution in [2.75, 3.05) is 19.6 Å². The van der Waals surface area contributed by atoms with Crippen LogP contribution < -0.4 is 10.6 Å². The van der Waals surface area contributed by atoms with Crippen molar-refractivity contribution < 1.29 is 14.0 Å². The zero-order valence-electron chi connectivity index (χ0n) is 17.9. The predicted molar refractivity (Wildman–Crippen MR) is 112 cm³/mol. The van der Waals surface area contributed by atoms with Gasteiger partial charge in [-0.1, -0.05) is 19.1 Å². The molecule has 29 heavy (non-hydrogen) atoms. The molecule has 1 aromatic heterocycles. The summed E-state index contributed by atoms with van der Waals surface area (Å²) in [6, 6.07) is -0.0193. The first-order valence-corrected chi connectivity index (χ1v) is 10.8. The Morgan fingerprint density at radius 3 is 2.59 bits per heavy atom. The minimum atomic E-state index is -0.111. The Hall–Kier alpha value is -2.31. The van der Waals surface area contributed by atoms with Crippen LogP contribution in [0, 0.1) is 25.7 Å². The third-order valence-corrected chi connectivity index (χ3v) is 6.01. The van der Waals surface area contributed by atoms with E-state index in [1.807, 2.05) is 0 Å². The van der Waals surface area contributed by atoms with E-state index >= 15 is 0 Å². The van der Waals surface area contributed by atoms with Crippen molar-refractivity contribution in [3.05, 3.63) is 29.5 Å². The molecule has 0 spiro atoms. The number of hydrogen-bond acceptors (Lipinski definition) is 4. The number of allylic oxidation sites excluding steroid dienone is 1. The fraction of sp³-hybridized carbons (Fsp3) is 0.682. The zero-order chi connectivity index (χ0) is 21.0. The van der Waals surface area contributed by atoms with E-state index in [9.17, 15) is 9.59 Å². The van der Waals surface area contributed by atoms with Gasteiger partial charge in [0.15, 0.2) is 11.6 Å².